The molecule has 3 aromatic rings. The Morgan fingerprint density at radius 1 is 0.805 bits per heavy atom. The lowest BCUT2D eigenvalue weighted by Gasteiger charge is -2.19. The van der Waals surface area contributed by atoms with Gasteiger partial charge in [0.15, 0.2) is 0 Å². The lowest BCUT2D eigenvalue weighted by molar-refractivity contribution is -0.159. The number of unbranched alkanes of at least 4 members (excludes halogenated alkanes) is 2. The molecular weight excluding hydrogens is 552 g/mol. The number of sulfonamides is 1. The topological polar surface area (TPSA) is 168 Å². The highest BCUT2D eigenvalue weighted by atomic mass is 32.2. The van der Waals surface area contributed by atoms with Crippen molar-refractivity contribution in [3.8, 4) is 17.2 Å². The smallest absolute Gasteiger partial charge is 0.356 e. The molecule has 3 aromatic carbocycles. The minimum Gasteiger partial charge on any atom is -0.478 e. The van der Waals surface area contributed by atoms with Gasteiger partial charge < -0.3 is 25.0 Å². The van der Waals surface area contributed by atoms with E-state index in [4.69, 9.17) is 19.7 Å². The van der Waals surface area contributed by atoms with E-state index in [0.29, 0.717) is 23.6 Å². The number of amides is 1. The van der Waals surface area contributed by atoms with Gasteiger partial charge in [0.05, 0.1) is 4.90 Å². The van der Waals surface area contributed by atoms with Crippen LogP contribution in [0, 0.1) is 0 Å². The van der Waals surface area contributed by atoms with Crippen LogP contribution in [0.1, 0.15) is 31.7 Å². The molecule has 0 unspecified atom stereocenters. The molecule has 3 rings (SSSR count). The summed E-state index contributed by atoms with van der Waals surface area (Å²) in [6.07, 6.45) is 0.484. The number of ether oxygens (including phenoxy) is 2. The normalized spacial score (nSPS) is 12.0. The van der Waals surface area contributed by atoms with Gasteiger partial charge >= 0.3 is 11.9 Å². The van der Waals surface area contributed by atoms with Crippen LogP contribution in [0.2, 0.25) is 0 Å². The van der Waals surface area contributed by atoms with E-state index in [2.05, 4.69) is 10.0 Å². The number of nitrogens with one attached hydrogen (secondary N) is 2. The van der Waals surface area contributed by atoms with Crippen molar-refractivity contribution in [3.63, 3.8) is 0 Å². The number of hydrogen-bond acceptors (Lipinski definition) is 7. The number of hydrogen-bond donors (Lipinski definition) is 4. The predicted octanol–water partition coefficient (Wildman–Crippen LogP) is 3.59. The highest BCUT2D eigenvalue weighted by Crippen LogP contribution is 2.23. The average molecular weight is 585 g/mol. The van der Waals surface area contributed by atoms with Gasteiger partial charge in [0.25, 0.3) is 6.10 Å². The lowest BCUT2D eigenvalue weighted by Crippen LogP contribution is -2.48. The molecule has 0 bridgehead atoms. The molecule has 0 aliphatic heterocycles. The van der Waals surface area contributed by atoms with Crippen molar-refractivity contribution in [1.29, 1.82) is 0 Å². The number of para-hydroxylation sites is 1. The highest BCUT2D eigenvalue weighted by Gasteiger charge is 2.29. The minimum atomic E-state index is -4.11. The monoisotopic (exact) mass is 584 g/mol. The summed E-state index contributed by atoms with van der Waals surface area (Å²) in [5.41, 5.74) is 0.530. The van der Waals surface area contributed by atoms with E-state index in [0.717, 1.165) is 19.3 Å². The summed E-state index contributed by atoms with van der Waals surface area (Å²) in [5.74, 6) is -2.80. The first-order chi connectivity index (χ1) is 19.6. The van der Waals surface area contributed by atoms with Gasteiger partial charge in [-0.2, -0.15) is 4.72 Å². The van der Waals surface area contributed by atoms with E-state index in [9.17, 15) is 22.8 Å². The second-order valence-electron chi connectivity index (χ2n) is 9.08. The van der Waals surface area contributed by atoms with Crippen molar-refractivity contribution in [1.82, 2.24) is 10.0 Å². The molecule has 0 aliphatic carbocycles. The molecule has 0 spiro atoms. The number of benzene rings is 3. The Morgan fingerprint density at radius 3 is 1.98 bits per heavy atom. The standard InChI is InChI=1S/C29H32N2O9S/c1-2-3-7-18-30-27(32)25(19-20-10-12-23(13-11-20)40-26(28(33)34)29(35)36)31-41(37,38)24-16-14-22(15-17-24)39-21-8-5-4-6-9-21/h4-6,8-17,25-26,31H,2-3,7,18-19H2,1H3,(H,30,32)(H,33,34)(H,35,36)/t25-/m0/s1. The number of carbonyl (C=O) groups is 3. The zero-order chi connectivity index (χ0) is 29.8. The van der Waals surface area contributed by atoms with Gasteiger partial charge in [-0.15, -0.1) is 0 Å². The molecule has 12 heteroatoms. The third kappa shape index (κ3) is 9.62. The third-order valence-corrected chi connectivity index (χ3v) is 7.36. The van der Waals surface area contributed by atoms with Gasteiger partial charge in [0.2, 0.25) is 15.9 Å². The van der Waals surface area contributed by atoms with E-state index in [1.807, 2.05) is 25.1 Å². The van der Waals surface area contributed by atoms with Crippen molar-refractivity contribution >= 4 is 27.9 Å². The van der Waals surface area contributed by atoms with Crippen molar-refractivity contribution < 1.29 is 42.5 Å². The Hall–Kier alpha value is -4.42. The summed E-state index contributed by atoms with van der Waals surface area (Å²) in [6.45, 7) is 2.41. The largest absolute Gasteiger partial charge is 0.478 e. The zero-order valence-electron chi connectivity index (χ0n) is 22.4. The molecule has 4 N–H and O–H groups in total. The zero-order valence-corrected chi connectivity index (χ0v) is 23.2. The molecule has 41 heavy (non-hydrogen) atoms. The van der Waals surface area contributed by atoms with E-state index >= 15 is 0 Å². The fourth-order valence-electron chi connectivity index (χ4n) is 3.75. The van der Waals surface area contributed by atoms with Gasteiger partial charge in [-0.3, -0.25) is 4.79 Å². The van der Waals surface area contributed by atoms with Gasteiger partial charge in [0.1, 0.15) is 23.3 Å². The van der Waals surface area contributed by atoms with Crippen LogP contribution in [0.25, 0.3) is 0 Å². The lowest BCUT2D eigenvalue weighted by atomic mass is 10.1. The van der Waals surface area contributed by atoms with Crippen molar-refractivity contribution in [2.45, 2.75) is 49.6 Å². The molecule has 1 amide bonds. The molecule has 0 saturated carbocycles. The van der Waals surface area contributed by atoms with E-state index < -0.39 is 40.0 Å². The molecule has 0 aromatic heterocycles. The average Bonchev–Trinajstić information content (AvgIpc) is 2.95. The van der Waals surface area contributed by atoms with E-state index in [-0.39, 0.29) is 17.1 Å². The fourth-order valence-corrected chi connectivity index (χ4v) is 4.94. The van der Waals surface area contributed by atoms with Gasteiger partial charge in [-0.25, -0.2) is 18.0 Å². The first-order valence-corrected chi connectivity index (χ1v) is 14.4. The predicted molar refractivity (Wildman–Crippen MR) is 149 cm³/mol. The fraction of sp³-hybridized carbons (Fsp3) is 0.276. The summed E-state index contributed by atoms with van der Waals surface area (Å²) in [5, 5.41) is 20.8. The quantitative estimate of drug-likeness (QED) is 0.145. The Kier molecular flexibility index (Phi) is 11.2. The van der Waals surface area contributed by atoms with Crippen molar-refractivity contribution in [2.24, 2.45) is 0 Å². The second-order valence-corrected chi connectivity index (χ2v) is 10.8. The van der Waals surface area contributed by atoms with Crippen LogP contribution in [0.15, 0.2) is 83.8 Å². The molecule has 0 aliphatic rings. The SMILES string of the molecule is CCCCCNC(=O)[C@H](Cc1ccc(OC(C(=O)O)C(=O)O)cc1)NS(=O)(=O)c1ccc(Oc2ccccc2)cc1. The third-order valence-electron chi connectivity index (χ3n) is 5.87. The molecular formula is C29H32N2O9S. The minimum absolute atomic E-state index is 0.0116. The molecule has 0 heterocycles. The summed E-state index contributed by atoms with van der Waals surface area (Å²) >= 11 is 0. The Morgan fingerprint density at radius 2 is 1.39 bits per heavy atom. The van der Waals surface area contributed by atoms with Crippen LogP contribution in [-0.4, -0.2) is 55.2 Å². The van der Waals surface area contributed by atoms with Crippen LogP contribution in [0.4, 0.5) is 0 Å². The van der Waals surface area contributed by atoms with Crippen LogP contribution >= 0.6 is 0 Å². The summed E-state index contributed by atoms with van der Waals surface area (Å²) in [6, 6.07) is 19.3. The first kappa shape index (κ1) is 31.1. The number of carboxylic acids is 2. The maximum absolute atomic E-state index is 13.2. The number of carbonyl (C=O) groups excluding carboxylic acids is 1. The molecule has 1 atom stereocenters. The maximum atomic E-state index is 13.2. The summed E-state index contributed by atoms with van der Waals surface area (Å²) in [7, 11) is -4.11. The number of rotatable bonds is 16. The second kappa shape index (κ2) is 14.8. The molecule has 11 nitrogen and oxygen atoms in total. The number of carboxylic acid groups (broad SMARTS) is 2. The molecule has 0 radical (unpaired) electrons. The number of aliphatic carboxylic acids is 2. The van der Waals surface area contributed by atoms with Crippen LogP contribution in [-0.2, 0) is 30.8 Å². The van der Waals surface area contributed by atoms with E-state index in [1.54, 1.807) is 12.1 Å². The van der Waals surface area contributed by atoms with Crippen molar-refractivity contribution in [2.75, 3.05) is 6.54 Å². The molecule has 0 saturated heterocycles. The van der Waals surface area contributed by atoms with Crippen LogP contribution in [0.3, 0.4) is 0 Å². The van der Waals surface area contributed by atoms with Crippen molar-refractivity contribution in [3.05, 3.63) is 84.4 Å². The Labute approximate surface area is 238 Å². The first-order valence-electron chi connectivity index (χ1n) is 12.9. The molecule has 0 fully saturated rings. The maximum Gasteiger partial charge on any atom is 0.356 e. The van der Waals surface area contributed by atoms with Crippen LogP contribution in [0.5, 0.6) is 17.2 Å². The Balaban J connectivity index is 1.75. The summed E-state index contributed by atoms with van der Waals surface area (Å²) in [4.78, 5) is 35.1. The van der Waals surface area contributed by atoms with E-state index in [1.165, 1.54) is 48.5 Å². The molecule has 218 valence electrons. The van der Waals surface area contributed by atoms with Gasteiger partial charge in [0, 0.05) is 6.54 Å². The van der Waals surface area contributed by atoms with Crippen LogP contribution < -0.4 is 19.5 Å². The highest BCUT2D eigenvalue weighted by molar-refractivity contribution is 7.89. The van der Waals surface area contributed by atoms with Gasteiger partial charge in [-0.1, -0.05) is 50.1 Å². The summed E-state index contributed by atoms with van der Waals surface area (Å²) < 4.78 is 39.6. The van der Waals surface area contributed by atoms with Gasteiger partial charge in [-0.05, 0) is 66.9 Å². The Bertz CT molecular complexity index is 1400.